The molecule has 3 nitrogen and oxygen atoms in total. The molecule has 2 atom stereocenters. The van der Waals surface area contributed by atoms with Gasteiger partial charge in [-0.3, -0.25) is 16.3 Å². The van der Waals surface area contributed by atoms with Gasteiger partial charge in [0.15, 0.2) is 0 Å². The summed E-state index contributed by atoms with van der Waals surface area (Å²) in [5.74, 6) is 6.12. The van der Waals surface area contributed by atoms with Crippen LogP contribution in [-0.4, -0.2) is 4.98 Å². The standard InChI is InChI=1S/C12H21N3/c1-4-6-9(2)12(15-13)11-10(3)7-5-8-14-11/h5,7-9,12,15H,4,6,13H2,1-3H3. The van der Waals surface area contributed by atoms with Crippen LogP contribution in [0.5, 0.6) is 0 Å². The molecule has 3 N–H and O–H groups in total. The molecule has 0 amide bonds. The van der Waals surface area contributed by atoms with Gasteiger partial charge < -0.3 is 0 Å². The molecule has 0 radical (unpaired) electrons. The minimum absolute atomic E-state index is 0.158. The van der Waals surface area contributed by atoms with Crippen LogP contribution in [0.1, 0.15) is 44.0 Å². The van der Waals surface area contributed by atoms with E-state index in [4.69, 9.17) is 5.84 Å². The molecule has 15 heavy (non-hydrogen) atoms. The summed E-state index contributed by atoms with van der Waals surface area (Å²) in [6.45, 7) is 6.48. The Balaban J connectivity index is 2.87. The van der Waals surface area contributed by atoms with Crippen molar-refractivity contribution in [3.8, 4) is 0 Å². The van der Waals surface area contributed by atoms with Gasteiger partial charge in [-0.2, -0.15) is 0 Å². The summed E-state index contributed by atoms with van der Waals surface area (Å²) >= 11 is 0. The molecule has 1 heterocycles. The van der Waals surface area contributed by atoms with Crippen LogP contribution in [0.4, 0.5) is 0 Å². The molecule has 0 spiro atoms. The highest BCUT2D eigenvalue weighted by molar-refractivity contribution is 5.21. The number of hydrogen-bond donors (Lipinski definition) is 2. The maximum Gasteiger partial charge on any atom is 0.0660 e. The van der Waals surface area contributed by atoms with E-state index >= 15 is 0 Å². The molecule has 0 saturated carbocycles. The largest absolute Gasteiger partial charge is 0.271 e. The first-order chi connectivity index (χ1) is 7.20. The monoisotopic (exact) mass is 207 g/mol. The molecule has 1 aromatic heterocycles. The van der Waals surface area contributed by atoms with Gasteiger partial charge in [0.1, 0.15) is 0 Å². The van der Waals surface area contributed by atoms with Crippen LogP contribution in [0.2, 0.25) is 0 Å². The van der Waals surface area contributed by atoms with Gasteiger partial charge in [-0.1, -0.05) is 26.3 Å². The third-order valence-electron chi connectivity index (χ3n) is 2.84. The molecule has 1 aromatic rings. The van der Waals surface area contributed by atoms with Crippen molar-refractivity contribution < 1.29 is 0 Å². The third-order valence-corrected chi connectivity index (χ3v) is 2.84. The number of aromatic nitrogens is 1. The lowest BCUT2D eigenvalue weighted by Gasteiger charge is -2.23. The highest BCUT2D eigenvalue weighted by Gasteiger charge is 2.19. The highest BCUT2D eigenvalue weighted by atomic mass is 15.2. The van der Waals surface area contributed by atoms with Gasteiger partial charge in [0.2, 0.25) is 0 Å². The number of hydrazine groups is 1. The molecule has 0 bridgehead atoms. The number of pyridine rings is 1. The van der Waals surface area contributed by atoms with E-state index in [-0.39, 0.29) is 6.04 Å². The summed E-state index contributed by atoms with van der Waals surface area (Å²) in [6, 6.07) is 4.19. The van der Waals surface area contributed by atoms with Crippen molar-refractivity contribution in [2.45, 2.75) is 39.7 Å². The van der Waals surface area contributed by atoms with Crippen LogP contribution >= 0.6 is 0 Å². The predicted octanol–water partition coefficient (Wildman–Crippen LogP) is 2.33. The fourth-order valence-electron chi connectivity index (χ4n) is 1.96. The molecule has 0 fully saturated rings. The summed E-state index contributed by atoms with van der Waals surface area (Å²) in [6.07, 6.45) is 4.15. The fraction of sp³-hybridized carbons (Fsp3) is 0.583. The van der Waals surface area contributed by atoms with E-state index in [0.29, 0.717) is 5.92 Å². The van der Waals surface area contributed by atoms with Crippen LogP contribution in [-0.2, 0) is 0 Å². The quantitative estimate of drug-likeness (QED) is 0.575. The minimum atomic E-state index is 0.158. The Kier molecular flexibility index (Phi) is 4.72. The molecule has 1 rings (SSSR count). The summed E-state index contributed by atoms with van der Waals surface area (Å²) in [5, 5.41) is 0. The molecule has 84 valence electrons. The lowest BCUT2D eigenvalue weighted by Crippen LogP contribution is -2.33. The van der Waals surface area contributed by atoms with Crippen molar-refractivity contribution in [2.24, 2.45) is 11.8 Å². The SMILES string of the molecule is CCCC(C)C(NN)c1ncccc1C. The molecule has 0 aliphatic rings. The topological polar surface area (TPSA) is 50.9 Å². The van der Waals surface area contributed by atoms with Gasteiger partial charge in [0, 0.05) is 6.20 Å². The van der Waals surface area contributed by atoms with Gasteiger partial charge in [-0.15, -0.1) is 0 Å². The molecule has 0 aliphatic heterocycles. The first kappa shape index (κ1) is 12.1. The van der Waals surface area contributed by atoms with Crippen molar-refractivity contribution in [3.05, 3.63) is 29.6 Å². The summed E-state index contributed by atoms with van der Waals surface area (Å²) < 4.78 is 0. The van der Waals surface area contributed by atoms with E-state index in [1.165, 1.54) is 12.0 Å². The molecule has 0 aromatic carbocycles. The van der Waals surface area contributed by atoms with Crippen LogP contribution in [0.15, 0.2) is 18.3 Å². The first-order valence-corrected chi connectivity index (χ1v) is 5.58. The zero-order valence-electron chi connectivity index (χ0n) is 9.83. The Hall–Kier alpha value is -0.930. The van der Waals surface area contributed by atoms with Gasteiger partial charge in [-0.25, -0.2) is 0 Å². The number of aryl methyl sites for hydroxylation is 1. The number of hydrogen-bond acceptors (Lipinski definition) is 3. The molecule has 0 aliphatic carbocycles. The first-order valence-electron chi connectivity index (χ1n) is 5.58. The smallest absolute Gasteiger partial charge is 0.0660 e. The normalized spacial score (nSPS) is 14.9. The molecule has 2 unspecified atom stereocenters. The van der Waals surface area contributed by atoms with Crippen LogP contribution < -0.4 is 11.3 Å². The van der Waals surface area contributed by atoms with E-state index < -0.39 is 0 Å². The third kappa shape index (κ3) is 3.01. The van der Waals surface area contributed by atoms with Crippen LogP contribution in [0, 0.1) is 12.8 Å². The van der Waals surface area contributed by atoms with Crippen molar-refractivity contribution in [1.82, 2.24) is 10.4 Å². The van der Waals surface area contributed by atoms with E-state index in [1.54, 1.807) is 0 Å². The van der Waals surface area contributed by atoms with Crippen LogP contribution in [0.3, 0.4) is 0 Å². The Labute approximate surface area is 92.1 Å². The Morgan fingerprint density at radius 3 is 2.80 bits per heavy atom. The zero-order valence-corrected chi connectivity index (χ0v) is 9.83. The maximum absolute atomic E-state index is 5.61. The molecule has 0 saturated heterocycles. The number of nitrogens with two attached hydrogens (primary N) is 1. The number of rotatable bonds is 5. The van der Waals surface area contributed by atoms with Gasteiger partial charge in [0.25, 0.3) is 0 Å². The van der Waals surface area contributed by atoms with Gasteiger partial charge in [-0.05, 0) is 30.9 Å². The fourth-order valence-corrected chi connectivity index (χ4v) is 1.96. The van der Waals surface area contributed by atoms with Crippen molar-refractivity contribution in [2.75, 3.05) is 0 Å². The number of nitrogens with one attached hydrogen (secondary N) is 1. The molecular formula is C12H21N3. The van der Waals surface area contributed by atoms with E-state index in [2.05, 4.69) is 37.2 Å². The van der Waals surface area contributed by atoms with Crippen molar-refractivity contribution in [1.29, 1.82) is 0 Å². The second kappa shape index (κ2) is 5.83. The number of nitrogens with zero attached hydrogens (tertiary/aromatic N) is 1. The van der Waals surface area contributed by atoms with E-state index in [0.717, 1.165) is 12.1 Å². The van der Waals surface area contributed by atoms with E-state index in [9.17, 15) is 0 Å². The van der Waals surface area contributed by atoms with Crippen molar-refractivity contribution >= 4 is 0 Å². The second-order valence-electron chi connectivity index (χ2n) is 4.12. The molecule has 3 heteroatoms. The van der Waals surface area contributed by atoms with E-state index in [1.807, 2.05) is 12.3 Å². The summed E-state index contributed by atoms with van der Waals surface area (Å²) in [4.78, 5) is 4.41. The van der Waals surface area contributed by atoms with Crippen LogP contribution in [0.25, 0.3) is 0 Å². The van der Waals surface area contributed by atoms with Gasteiger partial charge in [0.05, 0.1) is 11.7 Å². The Bertz CT molecular complexity index is 299. The summed E-state index contributed by atoms with van der Waals surface area (Å²) in [5.41, 5.74) is 5.15. The summed E-state index contributed by atoms with van der Waals surface area (Å²) in [7, 11) is 0. The Morgan fingerprint density at radius 1 is 1.53 bits per heavy atom. The second-order valence-corrected chi connectivity index (χ2v) is 4.12. The average Bonchev–Trinajstić information content (AvgIpc) is 2.22. The predicted molar refractivity (Wildman–Crippen MR) is 63.1 cm³/mol. The van der Waals surface area contributed by atoms with Gasteiger partial charge >= 0.3 is 0 Å². The lowest BCUT2D eigenvalue weighted by molar-refractivity contribution is 0.360. The lowest BCUT2D eigenvalue weighted by atomic mass is 9.92. The maximum atomic E-state index is 5.61. The Morgan fingerprint density at radius 2 is 2.27 bits per heavy atom. The minimum Gasteiger partial charge on any atom is -0.271 e. The highest BCUT2D eigenvalue weighted by Crippen LogP contribution is 2.25. The average molecular weight is 207 g/mol. The van der Waals surface area contributed by atoms with Crippen molar-refractivity contribution in [3.63, 3.8) is 0 Å². The molecular weight excluding hydrogens is 186 g/mol. The zero-order chi connectivity index (χ0) is 11.3.